The van der Waals surface area contributed by atoms with E-state index < -0.39 is 6.10 Å². The molecule has 2 fully saturated rings. The fourth-order valence-electron chi connectivity index (χ4n) is 3.77. The van der Waals surface area contributed by atoms with E-state index in [1.807, 2.05) is 19.1 Å². The van der Waals surface area contributed by atoms with Crippen LogP contribution in [0, 0.1) is 0 Å². The van der Waals surface area contributed by atoms with Gasteiger partial charge in [-0.05, 0) is 51.4 Å². The minimum atomic E-state index is -0.512. The van der Waals surface area contributed by atoms with Crippen LogP contribution < -0.4 is 9.64 Å². The molecule has 1 aromatic carbocycles. The number of ether oxygens (including phenoxy) is 1. The number of benzene rings is 1. The Morgan fingerprint density at radius 1 is 1.24 bits per heavy atom. The van der Waals surface area contributed by atoms with E-state index in [9.17, 15) is 5.11 Å². The van der Waals surface area contributed by atoms with E-state index in [0.29, 0.717) is 6.04 Å². The topological polar surface area (TPSA) is 35.9 Å². The summed E-state index contributed by atoms with van der Waals surface area (Å²) < 4.78 is 5.44. The highest BCUT2D eigenvalue weighted by Crippen LogP contribution is 2.36. The molecule has 4 heteroatoms. The maximum Gasteiger partial charge on any atom is 0.126 e. The van der Waals surface area contributed by atoms with Crippen molar-refractivity contribution in [1.29, 1.82) is 0 Å². The van der Waals surface area contributed by atoms with Crippen molar-refractivity contribution in [2.24, 2.45) is 0 Å². The van der Waals surface area contributed by atoms with Crippen molar-refractivity contribution >= 4 is 5.69 Å². The first-order valence-corrected chi connectivity index (χ1v) is 8.04. The van der Waals surface area contributed by atoms with Crippen LogP contribution in [0.5, 0.6) is 5.75 Å². The van der Waals surface area contributed by atoms with E-state index >= 15 is 0 Å². The molecule has 0 aliphatic carbocycles. The van der Waals surface area contributed by atoms with E-state index in [4.69, 9.17) is 4.74 Å². The quantitative estimate of drug-likeness (QED) is 0.924. The number of rotatable bonds is 4. The van der Waals surface area contributed by atoms with Crippen molar-refractivity contribution in [3.63, 3.8) is 0 Å². The molecule has 2 saturated heterocycles. The molecule has 2 heterocycles. The molecule has 2 aliphatic rings. The van der Waals surface area contributed by atoms with E-state index in [-0.39, 0.29) is 0 Å². The predicted octanol–water partition coefficient (Wildman–Crippen LogP) is 2.42. The van der Waals surface area contributed by atoms with Crippen LogP contribution in [0.3, 0.4) is 0 Å². The minimum Gasteiger partial charge on any atom is -0.496 e. The first-order chi connectivity index (χ1) is 10.2. The van der Waals surface area contributed by atoms with Gasteiger partial charge in [-0.25, -0.2) is 0 Å². The molecule has 116 valence electrons. The second kappa shape index (κ2) is 6.24. The summed E-state index contributed by atoms with van der Waals surface area (Å²) in [6.07, 6.45) is 3.39. The monoisotopic (exact) mass is 290 g/mol. The van der Waals surface area contributed by atoms with Crippen molar-refractivity contribution in [2.75, 3.05) is 38.2 Å². The second-order valence-electron chi connectivity index (χ2n) is 6.20. The van der Waals surface area contributed by atoms with Crippen LogP contribution in [0.2, 0.25) is 0 Å². The molecule has 2 aliphatic heterocycles. The smallest absolute Gasteiger partial charge is 0.126 e. The third kappa shape index (κ3) is 2.87. The first-order valence-electron chi connectivity index (χ1n) is 8.04. The molecule has 0 aromatic heterocycles. The van der Waals surface area contributed by atoms with Gasteiger partial charge in [0.1, 0.15) is 5.75 Å². The highest BCUT2D eigenvalue weighted by molar-refractivity contribution is 5.61. The summed E-state index contributed by atoms with van der Waals surface area (Å²) in [6.45, 7) is 6.44. The lowest BCUT2D eigenvalue weighted by Crippen LogP contribution is -2.35. The molecule has 4 nitrogen and oxygen atoms in total. The van der Waals surface area contributed by atoms with Gasteiger partial charge in [-0.15, -0.1) is 0 Å². The zero-order valence-electron chi connectivity index (χ0n) is 13.1. The van der Waals surface area contributed by atoms with Crippen LogP contribution in [0.25, 0.3) is 0 Å². The summed E-state index contributed by atoms with van der Waals surface area (Å²) >= 11 is 0. The molecule has 0 saturated carbocycles. The molecule has 1 aromatic rings. The Kier molecular flexibility index (Phi) is 4.36. The number of anilines is 1. The molecule has 0 amide bonds. The van der Waals surface area contributed by atoms with Gasteiger partial charge < -0.3 is 14.7 Å². The molecular weight excluding hydrogens is 264 g/mol. The molecule has 0 radical (unpaired) electrons. The Balaban J connectivity index is 1.81. The number of aliphatic hydroxyl groups excluding tert-OH is 1. The van der Waals surface area contributed by atoms with Crippen LogP contribution in [-0.2, 0) is 0 Å². The number of likely N-dealkylation sites (tertiary alicyclic amines) is 1. The summed E-state index contributed by atoms with van der Waals surface area (Å²) in [4.78, 5) is 5.04. The van der Waals surface area contributed by atoms with Crippen LogP contribution in [-0.4, -0.2) is 49.3 Å². The van der Waals surface area contributed by atoms with Crippen molar-refractivity contribution in [1.82, 2.24) is 4.90 Å². The number of nitrogens with zero attached hydrogens (tertiary/aromatic N) is 2. The molecule has 3 rings (SSSR count). The number of hydrogen-bond donors (Lipinski definition) is 1. The fraction of sp³-hybridized carbons (Fsp3) is 0.647. The minimum absolute atomic E-state index is 0.512. The van der Waals surface area contributed by atoms with Crippen LogP contribution in [0.4, 0.5) is 5.69 Å². The third-order valence-corrected chi connectivity index (χ3v) is 4.84. The molecule has 21 heavy (non-hydrogen) atoms. The number of hydrogen-bond acceptors (Lipinski definition) is 4. The Labute approximate surface area is 127 Å². The summed E-state index contributed by atoms with van der Waals surface area (Å²) in [6, 6.07) is 6.72. The fourth-order valence-corrected chi connectivity index (χ4v) is 3.77. The molecule has 0 bridgehead atoms. The third-order valence-electron chi connectivity index (χ3n) is 4.84. The summed E-state index contributed by atoms with van der Waals surface area (Å²) in [5, 5.41) is 10.1. The molecule has 1 unspecified atom stereocenters. The maximum atomic E-state index is 10.1. The Morgan fingerprint density at radius 2 is 2.00 bits per heavy atom. The van der Waals surface area contributed by atoms with E-state index in [1.54, 1.807) is 7.11 Å². The largest absolute Gasteiger partial charge is 0.496 e. The van der Waals surface area contributed by atoms with E-state index in [1.165, 1.54) is 32.4 Å². The summed E-state index contributed by atoms with van der Waals surface area (Å²) in [7, 11) is 1.67. The summed E-state index contributed by atoms with van der Waals surface area (Å²) in [5.41, 5.74) is 2.05. The first kappa shape index (κ1) is 14.7. The zero-order valence-corrected chi connectivity index (χ0v) is 13.1. The molecule has 2 atom stereocenters. The van der Waals surface area contributed by atoms with E-state index in [0.717, 1.165) is 30.1 Å². The zero-order chi connectivity index (χ0) is 14.8. The lowest BCUT2D eigenvalue weighted by atomic mass is 10.1. The van der Waals surface area contributed by atoms with Gasteiger partial charge in [-0.2, -0.15) is 0 Å². The Morgan fingerprint density at radius 3 is 2.67 bits per heavy atom. The van der Waals surface area contributed by atoms with Crippen LogP contribution in [0.1, 0.15) is 37.9 Å². The molecule has 1 N–H and O–H groups in total. The normalized spacial score (nSPS) is 24.5. The molecular formula is C17H26N2O2. The molecule has 0 spiro atoms. The van der Waals surface area contributed by atoms with Gasteiger partial charge in [-0.3, -0.25) is 4.90 Å². The van der Waals surface area contributed by atoms with Crippen molar-refractivity contribution in [3.05, 3.63) is 23.8 Å². The van der Waals surface area contributed by atoms with Gasteiger partial charge >= 0.3 is 0 Å². The van der Waals surface area contributed by atoms with Gasteiger partial charge in [0.15, 0.2) is 0 Å². The summed E-state index contributed by atoms with van der Waals surface area (Å²) in [5.74, 6) is 0.784. The number of methoxy groups -OCH3 is 1. The van der Waals surface area contributed by atoms with Gasteiger partial charge in [0.05, 0.1) is 13.2 Å². The number of aliphatic hydroxyl groups is 1. The van der Waals surface area contributed by atoms with Gasteiger partial charge in [-0.1, -0.05) is 6.07 Å². The maximum absolute atomic E-state index is 10.1. The highest BCUT2D eigenvalue weighted by Gasteiger charge is 2.31. The van der Waals surface area contributed by atoms with Crippen molar-refractivity contribution in [3.8, 4) is 5.75 Å². The van der Waals surface area contributed by atoms with Gasteiger partial charge in [0, 0.05) is 30.4 Å². The van der Waals surface area contributed by atoms with Crippen LogP contribution >= 0.6 is 0 Å². The standard InChI is InChI=1S/C17H26N2O2/c1-13(20)17-15(6-5-7-16(17)21-2)19-11-8-14(12-19)18-9-3-4-10-18/h5-7,13-14,20H,3-4,8-12H2,1-2H3/t13-,14?/m1/s1. The lowest BCUT2D eigenvalue weighted by molar-refractivity contribution is 0.194. The van der Waals surface area contributed by atoms with Gasteiger partial charge in [0.2, 0.25) is 0 Å². The highest BCUT2D eigenvalue weighted by atomic mass is 16.5. The second-order valence-corrected chi connectivity index (χ2v) is 6.20. The van der Waals surface area contributed by atoms with E-state index in [2.05, 4.69) is 15.9 Å². The SMILES string of the molecule is COc1cccc(N2CCC(N3CCCC3)C2)c1[C@@H](C)O. The Hall–Kier alpha value is -1.26. The average Bonchev–Trinajstić information content (AvgIpc) is 3.16. The lowest BCUT2D eigenvalue weighted by Gasteiger charge is -2.27. The Bertz CT molecular complexity index is 484. The van der Waals surface area contributed by atoms with Crippen molar-refractivity contribution < 1.29 is 9.84 Å². The average molecular weight is 290 g/mol. The van der Waals surface area contributed by atoms with Crippen LogP contribution in [0.15, 0.2) is 18.2 Å². The predicted molar refractivity (Wildman–Crippen MR) is 85.1 cm³/mol. The van der Waals surface area contributed by atoms with Gasteiger partial charge in [0.25, 0.3) is 0 Å². The van der Waals surface area contributed by atoms with Crippen molar-refractivity contribution in [2.45, 2.75) is 38.3 Å².